The van der Waals surface area contributed by atoms with E-state index >= 15 is 0 Å². The minimum absolute atomic E-state index is 0.0180. The molecule has 0 radical (unpaired) electrons. The van der Waals surface area contributed by atoms with E-state index in [1.54, 1.807) is 34.1 Å². The molecule has 0 aliphatic carbocycles. The second-order valence-electron chi connectivity index (χ2n) is 7.44. The molecular weight excluding hydrogens is 362 g/mol. The summed E-state index contributed by atoms with van der Waals surface area (Å²) in [5.74, 6) is -1.26. The zero-order valence-electron chi connectivity index (χ0n) is 16.1. The van der Waals surface area contributed by atoms with Gasteiger partial charge in [-0.25, -0.2) is 8.78 Å². The summed E-state index contributed by atoms with van der Waals surface area (Å²) < 4.78 is 27.3. The van der Waals surface area contributed by atoms with Gasteiger partial charge in [0.2, 0.25) is 5.91 Å². The molecule has 0 N–H and O–H groups in total. The Morgan fingerprint density at radius 3 is 2.43 bits per heavy atom. The molecule has 0 spiro atoms. The van der Waals surface area contributed by atoms with Gasteiger partial charge in [0.05, 0.1) is 11.6 Å². The quantitative estimate of drug-likeness (QED) is 0.801. The van der Waals surface area contributed by atoms with E-state index in [-0.39, 0.29) is 42.2 Å². The van der Waals surface area contributed by atoms with Crippen LogP contribution in [0.2, 0.25) is 0 Å². The lowest BCUT2D eigenvalue weighted by molar-refractivity contribution is -0.134. The van der Waals surface area contributed by atoms with Crippen molar-refractivity contribution in [2.24, 2.45) is 5.92 Å². The monoisotopic (exact) mass is 386 g/mol. The van der Waals surface area contributed by atoms with Crippen LogP contribution in [0.1, 0.15) is 36.2 Å². The third-order valence-electron chi connectivity index (χ3n) is 5.15. The van der Waals surface area contributed by atoms with Crippen LogP contribution in [0.4, 0.5) is 8.78 Å². The second kappa shape index (κ2) is 8.50. The Morgan fingerprint density at radius 2 is 1.79 bits per heavy atom. The van der Waals surface area contributed by atoms with Crippen molar-refractivity contribution in [3.8, 4) is 0 Å². The fourth-order valence-corrected chi connectivity index (χ4v) is 3.53. The molecule has 0 saturated carbocycles. The first-order valence-electron chi connectivity index (χ1n) is 9.44. The van der Waals surface area contributed by atoms with Crippen molar-refractivity contribution in [1.29, 1.82) is 0 Å². The third kappa shape index (κ3) is 4.38. The first-order chi connectivity index (χ1) is 13.4. The summed E-state index contributed by atoms with van der Waals surface area (Å²) >= 11 is 0. The van der Waals surface area contributed by atoms with Crippen LogP contribution in [0.25, 0.3) is 0 Å². The number of amides is 2. The van der Waals surface area contributed by atoms with Gasteiger partial charge in [0.15, 0.2) is 0 Å². The highest BCUT2D eigenvalue weighted by atomic mass is 19.1. The van der Waals surface area contributed by atoms with Gasteiger partial charge in [0.25, 0.3) is 5.91 Å². The number of hydrogen-bond acceptors (Lipinski definition) is 2. The summed E-state index contributed by atoms with van der Waals surface area (Å²) in [4.78, 5) is 29.0. The predicted molar refractivity (Wildman–Crippen MR) is 102 cm³/mol. The molecule has 3 rings (SSSR count). The maximum atomic E-state index is 14.1. The summed E-state index contributed by atoms with van der Waals surface area (Å²) in [7, 11) is 0. The summed E-state index contributed by atoms with van der Waals surface area (Å²) in [5.41, 5.74) is 0.846. The Bertz CT molecular complexity index is 852. The van der Waals surface area contributed by atoms with Gasteiger partial charge >= 0.3 is 0 Å². The second-order valence-corrected chi connectivity index (χ2v) is 7.44. The Labute approximate surface area is 163 Å². The van der Waals surface area contributed by atoms with Crippen molar-refractivity contribution in [2.75, 3.05) is 13.1 Å². The molecule has 4 nitrogen and oxygen atoms in total. The molecule has 1 aliphatic heterocycles. The largest absolute Gasteiger partial charge is 0.336 e. The van der Waals surface area contributed by atoms with Crippen molar-refractivity contribution in [2.45, 2.75) is 32.9 Å². The van der Waals surface area contributed by atoms with Crippen LogP contribution < -0.4 is 0 Å². The number of halogens is 2. The average Bonchev–Trinajstić information content (AvgIpc) is 2.83. The molecule has 1 saturated heterocycles. The van der Waals surface area contributed by atoms with Crippen LogP contribution in [-0.4, -0.2) is 40.7 Å². The normalized spacial score (nSPS) is 17.8. The van der Waals surface area contributed by atoms with E-state index in [1.807, 2.05) is 13.8 Å². The molecule has 1 atom stereocenters. The number of hydrogen-bond donors (Lipinski definition) is 0. The number of rotatable bonds is 4. The van der Waals surface area contributed by atoms with E-state index in [0.29, 0.717) is 13.1 Å². The van der Waals surface area contributed by atoms with E-state index in [2.05, 4.69) is 0 Å². The van der Waals surface area contributed by atoms with Crippen molar-refractivity contribution in [1.82, 2.24) is 9.80 Å². The molecule has 1 heterocycles. The first kappa shape index (κ1) is 20.0. The Kier molecular flexibility index (Phi) is 6.07. The van der Waals surface area contributed by atoms with Crippen LogP contribution in [-0.2, 0) is 11.3 Å². The SMILES string of the molecule is CC(C)C1CN(C(=O)c2ccccc2F)CCC(=O)N1Cc1ccc(F)cc1. The predicted octanol–water partition coefficient (Wildman–Crippen LogP) is 3.86. The topological polar surface area (TPSA) is 40.6 Å². The fourth-order valence-electron chi connectivity index (χ4n) is 3.53. The van der Waals surface area contributed by atoms with Gasteiger partial charge in [-0.15, -0.1) is 0 Å². The van der Waals surface area contributed by atoms with E-state index in [4.69, 9.17) is 0 Å². The lowest BCUT2D eigenvalue weighted by atomic mass is 10.0. The highest BCUT2D eigenvalue weighted by Gasteiger charge is 2.34. The zero-order chi connectivity index (χ0) is 20.3. The van der Waals surface area contributed by atoms with Gasteiger partial charge < -0.3 is 9.80 Å². The number of carbonyl (C=O) groups excluding carboxylic acids is 2. The summed E-state index contributed by atoms with van der Waals surface area (Å²) in [6.07, 6.45) is 0.171. The molecule has 1 fully saturated rings. The van der Waals surface area contributed by atoms with Crippen LogP contribution in [0.15, 0.2) is 48.5 Å². The minimum atomic E-state index is -0.563. The molecule has 1 unspecified atom stereocenters. The molecule has 2 aromatic carbocycles. The van der Waals surface area contributed by atoms with Crippen LogP contribution in [0.5, 0.6) is 0 Å². The summed E-state index contributed by atoms with van der Waals surface area (Å²) in [6, 6.07) is 11.7. The van der Waals surface area contributed by atoms with Crippen LogP contribution >= 0.6 is 0 Å². The first-order valence-corrected chi connectivity index (χ1v) is 9.44. The summed E-state index contributed by atoms with van der Waals surface area (Å²) in [6.45, 7) is 4.91. The average molecular weight is 386 g/mol. The fraction of sp³-hybridized carbons (Fsp3) is 0.364. The highest BCUT2D eigenvalue weighted by molar-refractivity contribution is 5.95. The van der Waals surface area contributed by atoms with Crippen LogP contribution in [0.3, 0.4) is 0 Å². The van der Waals surface area contributed by atoms with Gasteiger partial charge in [-0.1, -0.05) is 38.1 Å². The number of nitrogens with zero attached hydrogens (tertiary/aromatic N) is 2. The van der Waals surface area contributed by atoms with Gasteiger partial charge in [-0.3, -0.25) is 9.59 Å². The molecule has 2 aromatic rings. The minimum Gasteiger partial charge on any atom is -0.336 e. The zero-order valence-corrected chi connectivity index (χ0v) is 16.1. The van der Waals surface area contributed by atoms with Crippen molar-refractivity contribution >= 4 is 11.8 Å². The molecule has 6 heteroatoms. The van der Waals surface area contributed by atoms with Crippen molar-refractivity contribution < 1.29 is 18.4 Å². The van der Waals surface area contributed by atoms with Crippen molar-refractivity contribution in [3.63, 3.8) is 0 Å². The van der Waals surface area contributed by atoms with Gasteiger partial charge in [-0.2, -0.15) is 0 Å². The van der Waals surface area contributed by atoms with Gasteiger partial charge in [0, 0.05) is 26.1 Å². The lowest BCUT2D eigenvalue weighted by Gasteiger charge is -2.34. The van der Waals surface area contributed by atoms with E-state index < -0.39 is 11.7 Å². The maximum absolute atomic E-state index is 14.1. The summed E-state index contributed by atoms with van der Waals surface area (Å²) in [5, 5.41) is 0. The van der Waals surface area contributed by atoms with E-state index in [9.17, 15) is 18.4 Å². The standard InChI is InChI=1S/C22H24F2N2O2/c1-15(2)20-14-25(22(28)18-5-3-4-6-19(18)24)12-11-21(27)26(20)13-16-7-9-17(23)10-8-16/h3-10,15,20H,11-14H2,1-2H3. The van der Waals surface area contributed by atoms with Crippen molar-refractivity contribution in [3.05, 3.63) is 71.3 Å². The third-order valence-corrected chi connectivity index (χ3v) is 5.15. The Balaban J connectivity index is 1.84. The lowest BCUT2D eigenvalue weighted by Crippen LogP contribution is -2.47. The number of benzene rings is 2. The highest BCUT2D eigenvalue weighted by Crippen LogP contribution is 2.23. The van der Waals surface area contributed by atoms with Crippen LogP contribution in [0, 0.1) is 17.6 Å². The molecule has 0 aromatic heterocycles. The Hall–Kier alpha value is -2.76. The van der Waals surface area contributed by atoms with E-state index in [1.165, 1.54) is 24.3 Å². The molecule has 2 amide bonds. The number of carbonyl (C=O) groups is 2. The Morgan fingerprint density at radius 1 is 1.11 bits per heavy atom. The van der Waals surface area contributed by atoms with Gasteiger partial charge in [-0.05, 0) is 35.7 Å². The molecule has 28 heavy (non-hydrogen) atoms. The molecule has 0 bridgehead atoms. The molecule has 148 valence electrons. The smallest absolute Gasteiger partial charge is 0.256 e. The van der Waals surface area contributed by atoms with Gasteiger partial charge in [0.1, 0.15) is 11.6 Å². The maximum Gasteiger partial charge on any atom is 0.256 e. The van der Waals surface area contributed by atoms with E-state index in [0.717, 1.165) is 5.56 Å². The molecule has 1 aliphatic rings. The molecular formula is C22H24F2N2O2.